The lowest BCUT2D eigenvalue weighted by Crippen LogP contribution is -2.44. The van der Waals surface area contributed by atoms with Crippen molar-refractivity contribution >= 4 is 5.69 Å². The molecule has 21 heavy (non-hydrogen) atoms. The second kappa shape index (κ2) is 7.66. The van der Waals surface area contributed by atoms with Gasteiger partial charge in [0.2, 0.25) is 0 Å². The molecule has 0 aromatic heterocycles. The predicted molar refractivity (Wildman–Crippen MR) is 86.4 cm³/mol. The third-order valence-corrected chi connectivity index (χ3v) is 4.45. The van der Waals surface area contributed by atoms with Gasteiger partial charge in [-0.1, -0.05) is 19.8 Å². The largest absolute Gasteiger partial charge is 0.491 e. The molecule has 4 nitrogen and oxygen atoms in total. The fourth-order valence-electron chi connectivity index (χ4n) is 3.23. The molecule has 3 N–H and O–H groups in total. The number of benzene rings is 1. The zero-order chi connectivity index (χ0) is 15.2. The van der Waals surface area contributed by atoms with Crippen LogP contribution in [0.15, 0.2) is 24.3 Å². The van der Waals surface area contributed by atoms with Crippen molar-refractivity contribution in [2.45, 2.75) is 44.8 Å². The van der Waals surface area contributed by atoms with Crippen molar-refractivity contribution in [1.82, 2.24) is 4.90 Å². The summed E-state index contributed by atoms with van der Waals surface area (Å²) in [5, 5.41) is 10.2. The van der Waals surface area contributed by atoms with Gasteiger partial charge in [-0.05, 0) is 50.1 Å². The van der Waals surface area contributed by atoms with Crippen LogP contribution < -0.4 is 10.5 Å². The fraction of sp³-hybridized carbons (Fsp3) is 0.647. The lowest BCUT2D eigenvalue weighted by atomic mass is 9.85. The fourth-order valence-corrected chi connectivity index (χ4v) is 3.23. The maximum Gasteiger partial charge on any atom is 0.119 e. The lowest BCUT2D eigenvalue weighted by Gasteiger charge is -2.37. The van der Waals surface area contributed by atoms with E-state index in [4.69, 9.17) is 10.5 Å². The molecule has 0 radical (unpaired) electrons. The van der Waals surface area contributed by atoms with Gasteiger partial charge in [0.15, 0.2) is 0 Å². The Balaban J connectivity index is 1.75. The van der Waals surface area contributed by atoms with Crippen LogP contribution in [-0.2, 0) is 0 Å². The Morgan fingerprint density at radius 1 is 1.29 bits per heavy atom. The van der Waals surface area contributed by atoms with Crippen molar-refractivity contribution in [1.29, 1.82) is 0 Å². The molecule has 0 aliphatic heterocycles. The molecule has 0 amide bonds. The maximum atomic E-state index is 10.2. The summed E-state index contributed by atoms with van der Waals surface area (Å²) in [4.78, 5) is 2.29. The van der Waals surface area contributed by atoms with Crippen molar-refractivity contribution in [3.63, 3.8) is 0 Å². The lowest BCUT2D eigenvalue weighted by molar-refractivity contribution is 0.0440. The maximum absolute atomic E-state index is 10.2. The summed E-state index contributed by atoms with van der Waals surface area (Å²) in [6, 6.07) is 7.85. The topological polar surface area (TPSA) is 58.7 Å². The molecule has 2 rings (SSSR count). The summed E-state index contributed by atoms with van der Waals surface area (Å²) in [5.74, 6) is 1.46. The molecule has 1 saturated carbocycles. The number of aliphatic hydroxyl groups is 1. The van der Waals surface area contributed by atoms with E-state index < -0.39 is 6.10 Å². The van der Waals surface area contributed by atoms with Crippen LogP contribution in [-0.4, -0.2) is 42.4 Å². The van der Waals surface area contributed by atoms with Crippen molar-refractivity contribution in [3.8, 4) is 5.75 Å². The van der Waals surface area contributed by atoms with E-state index in [0.717, 1.165) is 5.75 Å². The van der Waals surface area contributed by atoms with Gasteiger partial charge in [0, 0.05) is 18.3 Å². The number of nitrogens with zero attached hydrogens (tertiary/aromatic N) is 1. The van der Waals surface area contributed by atoms with Gasteiger partial charge in [-0.3, -0.25) is 0 Å². The van der Waals surface area contributed by atoms with Crippen LogP contribution in [0.1, 0.15) is 32.6 Å². The molecule has 4 heteroatoms. The number of rotatable bonds is 6. The molecule has 1 fully saturated rings. The minimum atomic E-state index is -0.471. The number of likely N-dealkylation sites (N-methyl/N-ethyl adjacent to an activating group) is 1. The number of anilines is 1. The van der Waals surface area contributed by atoms with E-state index in [0.29, 0.717) is 30.8 Å². The molecule has 1 aromatic rings. The number of nitrogens with two attached hydrogens (primary N) is 1. The molecule has 3 unspecified atom stereocenters. The molecule has 0 bridgehead atoms. The summed E-state index contributed by atoms with van der Waals surface area (Å²) < 4.78 is 5.61. The first-order chi connectivity index (χ1) is 10.1. The first kappa shape index (κ1) is 16.1. The summed E-state index contributed by atoms with van der Waals surface area (Å²) in [5.41, 5.74) is 6.35. The Morgan fingerprint density at radius 2 is 1.95 bits per heavy atom. The van der Waals surface area contributed by atoms with Crippen molar-refractivity contribution < 1.29 is 9.84 Å². The number of hydrogen-bond donors (Lipinski definition) is 2. The minimum absolute atomic E-state index is 0.315. The zero-order valence-corrected chi connectivity index (χ0v) is 13.2. The molecule has 1 aliphatic rings. The van der Waals surface area contributed by atoms with Crippen LogP contribution in [0.3, 0.4) is 0 Å². The molecular formula is C17H28N2O2. The number of nitrogen functional groups attached to an aromatic ring is 1. The van der Waals surface area contributed by atoms with Gasteiger partial charge in [-0.2, -0.15) is 0 Å². The summed E-state index contributed by atoms with van der Waals surface area (Å²) in [7, 11) is 2.11. The van der Waals surface area contributed by atoms with Crippen LogP contribution in [0.25, 0.3) is 0 Å². The highest BCUT2D eigenvalue weighted by Crippen LogP contribution is 2.27. The van der Waals surface area contributed by atoms with E-state index in [1.807, 2.05) is 12.1 Å². The van der Waals surface area contributed by atoms with Gasteiger partial charge in [0.25, 0.3) is 0 Å². The van der Waals surface area contributed by atoms with Crippen LogP contribution in [0, 0.1) is 5.92 Å². The highest BCUT2D eigenvalue weighted by atomic mass is 16.5. The van der Waals surface area contributed by atoms with Crippen LogP contribution >= 0.6 is 0 Å². The van der Waals surface area contributed by atoms with Gasteiger partial charge >= 0.3 is 0 Å². The van der Waals surface area contributed by atoms with Crippen molar-refractivity contribution in [2.24, 2.45) is 5.92 Å². The average molecular weight is 292 g/mol. The standard InChI is InChI=1S/C17H28N2O2/c1-13-5-3-4-6-17(13)19(2)11-15(20)12-21-16-9-7-14(18)8-10-16/h7-10,13,15,17,20H,3-6,11-12,18H2,1-2H3. The van der Waals surface area contributed by atoms with Crippen molar-refractivity contribution in [3.05, 3.63) is 24.3 Å². The summed E-state index contributed by atoms with van der Waals surface area (Å²) in [6.07, 6.45) is 4.71. The number of hydrogen-bond acceptors (Lipinski definition) is 4. The molecule has 1 aromatic carbocycles. The second-order valence-electron chi connectivity index (χ2n) is 6.30. The Kier molecular flexibility index (Phi) is 5.88. The number of ether oxygens (including phenoxy) is 1. The third-order valence-electron chi connectivity index (χ3n) is 4.45. The predicted octanol–water partition coefficient (Wildman–Crippen LogP) is 2.52. The SMILES string of the molecule is CC1CCCCC1N(C)CC(O)COc1ccc(N)cc1. The van der Waals surface area contributed by atoms with Gasteiger partial charge < -0.3 is 20.5 Å². The van der Waals surface area contributed by atoms with Crippen LogP contribution in [0.5, 0.6) is 5.75 Å². The highest BCUT2D eigenvalue weighted by molar-refractivity contribution is 5.41. The van der Waals surface area contributed by atoms with Crippen LogP contribution in [0.2, 0.25) is 0 Å². The Morgan fingerprint density at radius 3 is 2.62 bits per heavy atom. The van der Waals surface area contributed by atoms with E-state index in [-0.39, 0.29) is 0 Å². The van der Waals surface area contributed by atoms with Gasteiger partial charge in [0.1, 0.15) is 18.5 Å². The van der Waals surface area contributed by atoms with Gasteiger partial charge in [-0.25, -0.2) is 0 Å². The van der Waals surface area contributed by atoms with E-state index in [9.17, 15) is 5.11 Å². The van der Waals surface area contributed by atoms with Gasteiger partial charge in [-0.15, -0.1) is 0 Å². The molecule has 0 saturated heterocycles. The van der Waals surface area contributed by atoms with E-state index in [1.54, 1.807) is 12.1 Å². The third kappa shape index (κ3) is 4.90. The Bertz CT molecular complexity index is 421. The second-order valence-corrected chi connectivity index (χ2v) is 6.30. The summed E-state index contributed by atoms with van der Waals surface area (Å²) >= 11 is 0. The Hall–Kier alpha value is -1.26. The first-order valence-corrected chi connectivity index (χ1v) is 7.93. The molecule has 0 spiro atoms. The monoisotopic (exact) mass is 292 g/mol. The number of aliphatic hydroxyl groups excluding tert-OH is 1. The van der Waals surface area contributed by atoms with Crippen LogP contribution in [0.4, 0.5) is 5.69 Å². The van der Waals surface area contributed by atoms with E-state index in [2.05, 4.69) is 18.9 Å². The summed E-state index contributed by atoms with van der Waals surface area (Å²) in [6.45, 7) is 3.29. The normalized spacial score (nSPS) is 24.0. The Labute approximate surface area is 127 Å². The van der Waals surface area contributed by atoms with Gasteiger partial charge in [0.05, 0.1) is 0 Å². The minimum Gasteiger partial charge on any atom is -0.491 e. The molecule has 118 valence electrons. The first-order valence-electron chi connectivity index (χ1n) is 7.93. The average Bonchev–Trinajstić information content (AvgIpc) is 2.47. The molecule has 1 aliphatic carbocycles. The molecule has 3 atom stereocenters. The molecular weight excluding hydrogens is 264 g/mol. The van der Waals surface area contributed by atoms with E-state index in [1.165, 1.54) is 25.7 Å². The van der Waals surface area contributed by atoms with Crippen molar-refractivity contribution in [2.75, 3.05) is 25.9 Å². The highest BCUT2D eigenvalue weighted by Gasteiger charge is 2.26. The quantitative estimate of drug-likeness (QED) is 0.791. The molecule has 0 heterocycles. The zero-order valence-electron chi connectivity index (χ0n) is 13.2. The smallest absolute Gasteiger partial charge is 0.119 e. The van der Waals surface area contributed by atoms with E-state index >= 15 is 0 Å².